The van der Waals surface area contributed by atoms with E-state index >= 15 is 0 Å². The van der Waals surface area contributed by atoms with E-state index in [1.807, 2.05) is 20.0 Å². The summed E-state index contributed by atoms with van der Waals surface area (Å²) in [5.74, 6) is 0.405. The number of nitrogens with zero attached hydrogens (tertiary/aromatic N) is 1. The Morgan fingerprint density at radius 2 is 2.15 bits per heavy atom. The molecule has 0 spiro atoms. The average molecular weight is 291 g/mol. The monoisotopic (exact) mass is 291 g/mol. The van der Waals surface area contributed by atoms with Crippen LogP contribution in [0.1, 0.15) is 18.1 Å². The summed E-state index contributed by atoms with van der Waals surface area (Å²) in [5.41, 5.74) is 2.27. The smallest absolute Gasteiger partial charge is 0.118 e. The number of benzene rings is 1. The standard InChI is InChI=1S/C10H14INO/c1-3-9-6-8(7-12(2)11)4-5-10(9)13/h4-6,13H,3,7H2,1-2H3. The zero-order valence-electron chi connectivity index (χ0n) is 7.92. The van der Waals surface area contributed by atoms with E-state index in [0.29, 0.717) is 5.75 Å². The largest absolute Gasteiger partial charge is 0.508 e. The van der Waals surface area contributed by atoms with Crippen LogP contribution in [0.25, 0.3) is 0 Å². The topological polar surface area (TPSA) is 23.5 Å². The number of hydrogen-bond donors (Lipinski definition) is 1. The van der Waals surface area contributed by atoms with Gasteiger partial charge in [-0.2, -0.15) is 0 Å². The van der Waals surface area contributed by atoms with Crippen molar-refractivity contribution in [3.8, 4) is 5.75 Å². The van der Waals surface area contributed by atoms with Crippen molar-refractivity contribution in [2.45, 2.75) is 19.9 Å². The number of phenols is 1. The first-order valence-corrected chi connectivity index (χ1v) is 5.27. The van der Waals surface area contributed by atoms with Crippen LogP contribution in [0.5, 0.6) is 5.75 Å². The van der Waals surface area contributed by atoms with Gasteiger partial charge in [0.15, 0.2) is 0 Å². The molecule has 0 fully saturated rings. The van der Waals surface area contributed by atoms with E-state index in [1.54, 1.807) is 6.07 Å². The lowest BCUT2D eigenvalue weighted by Crippen LogP contribution is -2.03. The van der Waals surface area contributed by atoms with Crippen molar-refractivity contribution >= 4 is 22.9 Å². The predicted octanol–water partition coefficient (Wildman–Crippen LogP) is 2.74. The third-order valence-corrected chi connectivity index (χ3v) is 2.27. The number of rotatable bonds is 3. The van der Waals surface area contributed by atoms with Gasteiger partial charge in [0.1, 0.15) is 5.75 Å². The van der Waals surface area contributed by atoms with Crippen molar-refractivity contribution < 1.29 is 5.11 Å². The SMILES string of the molecule is CCc1cc(CN(C)I)ccc1O. The van der Waals surface area contributed by atoms with Crippen molar-refractivity contribution in [1.29, 1.82) is 0 Å². The molecule has 0 amide bonds. The molecule has 0 aliphatic heterocycles. The minimum Gasteiger partial charge on any atom is -0.508 e. The molecule has 0 saturated heterocycles. The summed E-state index contributed by atoms with van der Waals surface area (Å²) < 4.78 is 2.09. The quantitative estimate of drug-likeness (QED) is 0.684. The molecule has 2 nitrogen and oxygen atoms in total. The van der Waals surface area contributed by atoms with Gasteiger partial charge in [0.05, 0.1) is 0 Å². The van der Waals surface area contributed by atoms with Crippen LogP contribution in [-0.2, 0) is 13.0 Å². The van der Waals surface area contributed by atoms with Crippen LogP contribution in [0.3, 0.4) is 0 Å². The van der Waals surface area contributed by atoms with Crippen molar-refractivity contribution in [3.63, 3.8) is 0 Å². The van der Waals surface area contributed by atoms with Gasteiger partial charge in [-0.25, -0.2) is 3.11 Å². The number of phenolic OH excluding ortho intramolecular Hbond substituents is 1. The van der Waals surface area contributed by atoms with E-state index in [-0.39, 0.29) is 0 Å². The van der Waals surface area contributed by atoms with E-state index in [4.69, 9.17) is 0 Å². The Balaban J connectivity index is 2.86. The molecule has 0 aliphatic rings. The van der Waals surface area contributed by atoms with Gasteiger partial charge < -0.3 is 5.11 Å². The molecule has 1 rings (SSSR count). The molecule has 0 aliphatic carbocycles. The molecule has 0 aromatic heterocycles. The maximum Gasteiger partial charge on any atom is 0.118 e. The van der Waals surface area contributed by atoms with Crippen molar-refractivity contribution in [3.05, 3.63) is 29.3 Å². The zero-order chi connectivity index (χ0) is 9.84. The summed E-state index contributed by atoms with van der Waals surface area (Å²) in [4.78, 5) is 0. The number of halogens is 1. The molecule has 1 aromatic rings. The number of aromatic hydroxyl groups is 1. The van der Waals surface area contributed by atoms with E-state index in [1.165, 1.54) is 5.56 Å². The van der Waals surface area contributed by atoms with Crippen LogP contribution in [0.4, 0.5) is 0 Å². The lowest BCUT2D eigenvalue weighted by atomic mass is 10.1. The molecule has 3 heteroatoms. The maximum absolute atomic E-state index is 9.45. The van der Waals surface area contributed by atoms with E-state index in [9.17, 15) is 5.11 Å². The second-order valence-electron chi connectivity index (χ2n) is 3.08. The van der Waals surface area contributed by atoms with Gasteiger partial charge in [0.25, 0.3) is 0 Å². The fourth-order valence-electron chi connectivity index (χ4n) is 1.27. The first-order chi connectivity index (χ1) is 6.13. The van der Waals surface area contributed by atoms with E-state index < -0.39 is 0 Å². The predicted molar refractivity (Wildman–Crippen MR) is 63.0 cm³/mol. The fraction of sp³-hybridized carbons (Fsp3) is 0.400. The third-order valence-electron chi connectivity index (χ3n) is 1.93. The average Bonchev–Trinajstić information content (AvgIpc) is 2.07. The summed E-state index contributed by atoms with van der Waals surface area (Å²) in [6, 6.07) is 5.79. The molecule has 13 heavy (non-hydrogen) atoms. The normalized spacial score (nSPS) is 10.8. The Labute approximate surface area is 93.1 Å². The van der Waals surface area contributed by atoms with Gasteiger partial charge in [-0.15, -0.1) is 0 Å². The van der Waals surface area contributed by atoms with Crippen LogP contribution in [0, 0.1) is 0 Å². The highest BCUT2D eigenvalue weighted by Gasteiger charge is 2.01. The van der Waals surface area contributed by atoms with Crippen molar-refractivity contribution in [2.75, 3.05) is 7.05 Å². The molecule has 0 saturated carbocycles. The highest BCUT2D eigenvalue weighted by atomic mass is 127. The van der Waals surface area contributed by atoms with Gasteiger partial charge in [0.2, 0.25) is 0 Å². The van der Waals surface area contributed by atoms with Gasteiger partial charge >= 0.3 is 0 Å². The Morgan fingerprint density at radius 1 is 1.46 bits per heavy atom. The lowest BCUT2D eigenvalue weighted by molar-refractivity contribution is 0.468. The van der Waals surface area contributed by atoms with Crippen molar-refractivity contribution in [1.82, 2.24) is 3.11 Å². The second kappa shape index (κ2) is 4.81. The number of hydrogen-bond acceptors (Lipinski definition) is 2. The lowest BCUT2D eigenvalue weighted by Gasteiger charge is -2.09. The van der Waals surface area contributed by atoms with Gasteiger partial charge in [0, 0.05) is 29.4 Å². The zero-order valence-corrected chi connectivity index (χ0v) is 10.1. The minimum atomic E-state index is 0.405. The molecule has 72 valence electrons. The highest BCUT2D eigenvalue weighted by Crippen LogP contribution is 2.20. The summed E-state index contributed by atoms with van der Waals surface area (Å²) in [6.45, 7) is 2.96. The van der Waals surface area contributed by atoms with Crippen LogP contribution < -0.4 is 0 Å². The molecular formula is C10H14INO. The maximum atomic E-state index is 9.45. The summed E-state index contributed by atoms with van der Waals surface area (Å²) in [7, 11) is 2.03. The number of aryl methyl sites for hydroxylation is 1. The molecule has 0 atom stereocenters. The Bertz CT molecular complexity index is 286. The molecule has 1 aromatic carbocycles. The Kier molecular flexibility index (Phi) is 3.99. The second-order valence-corrected chi connectivity index (χ2v) is 4.73. The molecule has 1 N–H and O–H groups in total. The summed E-state index contributed by atoms with van der Waals surface area (Å²) in [5, 5.41) is 9.45. The molecular weight excluding hydrogens is 277 g/mol. The Hall–Kier alpha value is -0.290. The highest BCUT2D eigenvalue weighted by molar-refractivity contribution is 14.1. The van der Waals surface area contributed by atoms with Crippen LogP contribution in [0.2, 0.25) is 0 Å². The molecule has 0 radical (unpaired) electrons. The van der Waals surface area contributed by atoms with Gasteiger partial charge in [-0.1, -0.05) is 19.1 Å². The van der Waals surface area contributed by atoms with Gasteiger partial charge in [-0.05, 0) is 30.7 Å². The summed E-state index contributed by atoms with van der Waals surface area (Å²) in [6.07, 6.45) is 0.880. The summed E-state index contributed by atoms with van der Waals surface area (Å²) >= 11 is 2.25. The van der Waals surface area contributed by atoms with E-state index in [0.717, 1.165) is 18.5 Å². The first-order valence-electron chi connectivity index (χ1n) is 4.31. The molecule has 0 bridgehead atoms. The van der Waals surface area contributed by atoms with Crippen LogP contribution >= 0.6 is 22.9 Å². The fourth-order valence-corrected chi connectivity index (χ4v) is 1.67. The minimum absolute atomic E-state index is 0.405. The molecule has 0 unspecified atom stereocenters. The van der Waals surface area contributed by atoms with Crippen molar-refractivity contribution in [2.24, 2.45) is 0 Å². The Morgan fingerprint density at radius 3 is 2.69 bits per heavy atom. The van der Waals surface area contributed by atoms with Crippen LogP contribution in [0.15, 0.2) is 18.2 Å². The molecule has 0 heterocycles. The first kappa shape index (κ1) is 10.8. The van der Waals surface area contributed by atoms with Crippen LogP contribution in [-0.4, -0.2) is 15.3 Å². The van der Waals surface area contributed by atoms with E-state index in [2.05, 4.69) is 32.0 Å². The van der Waals surface area contributed by atoms with Gasteiger partial charge in [-0.3, -0.25) is 0 Å². The third kappa shape index (κ3) is 3.15.